The number of hydrogen-bond donors (Lipinski definition) is 2. The highest BCUT2D eigenvalue weighted by Gasteiger charge is 2.22. The first-order valence-electron chi connectivity index (χ1n) is 5.90. The van der Waals surface area contributed by atoms with Crippen LogP contribution in [0.3, 0.4) is 0 Å². The molecule has 1 amide bonds. The van der Waals surface area contributed by atoms with E-state index in [1.807, 2.05) is 30.9 Å². The second-order valence-corrected chi connectivity index (χ2v) is 4.29. The van der Waals surface area contributed by atoms with Crippen molar-refractivity contribution in [1.29, 1.82) is 0 Å². The number of aromatic nitrogens is 2. The molecular weight excluding hydrogens is 230 g/mol. The second kappa shape index (κ2) is 5.14. The molecule has 0 aromatic carbocycles. The molecule has 1 aliphatic heterocycles. The molecule has 0 atom stereocenters. The van der Waals surface area contributed by atoms with E-state index in [2.05, 4.69) is 15.6 Å². The summed E-state index contributed by atoms with van der Waals surface area (Å²) in [6, 6.07) is 1.84. The number of hydrazine groups is 1. The van der Waals surface area contributed by atoms with Crippen LogP contribution in [0.2, 0.25) is 0 Å². The number of hydrogen-bond acceptors (Lipinski definition) is 5. The van der Waals surface area contributed by atoms with Gasteiger partial charge in [-0.1, -0.05) is 6.08 Å². The minimum atomic E-state index is 0.0715. The van der Waals surface area contributed by atoms with Crippen molar-refractivity contribution in [3.05, 3.63) is 29.0 Å². The minimum Gasteiger partial charge on any atom is -0.334 e. The quantitative estimate of drug-likeness (QED) is 0.454. The zero-order valence-corrected chi connectivity index (χ0v) is 10.6. The van der Waals surface area contributed by atoms with Crippen LogP contribution in [-0.4, -0.2) is 27.5 Å². The topological polar surface area (TPSA) is 84.1 Å². The van der Waals surface area contributed by atoms with Crippen LogP contribution in [-0.2, 0) is 17.8 Å². The number of anilines is 1. The molecule has 0 saturated heterocycles. The van der Waals surface area contributed by atoms with Crippen LogP contribution in [0.1, 0.15) is 25.1 Å². The average Bonchev–Trinajstić information content (AvgIpc) is 2.44. The van der Waals surface area contributed by atoms with Crippen LogP contribution < -0.4 is 11.3 Å². The third-order valence-electron chi connectivity index (χ3n) is 3.15. The molecule has 0 fully saturated rings. The van der Waals surface area contributed by atoms with Crippen LogP contribution in [0.5, 0.6) is 0 Å². The van der Waals surface area contributed by atoms with E-state index in [0.717, 1.165) is 23.3 Å². The number of fused-ring (bicyclic) bond motifs is 1. The third-order valence-corrected chi connectivity index (χ3v) is 3.15. The van der Waals surface area contributed by atoms with Crippen LogP contribution >= 0.6 is 0 Å². The maximum Gasteiger partial charge on any atom is 0.249 e. The number of nitrogens with one attached hydrogen (secondary N) is 1. The highest BCUT2D eigenvalue weighted by atomic mass is 16.2. The summed E-state index contributed by atoms with van der Waals surface area (Å²) in [4.78, 5) is 13.9. The summed E-state index contributed by atoms with van der Waals surface area (Å²) in [7, 11) is 0. The highest BCUT2D eigenvalue weighted by Crippen LogP contribution is 2.19. The van der Waals surface area contributed by atoms with Gasteiger partial charge in [-0.15, -0.1) is 5.10 Å². The summed E-state index contributed by atoms with van der Waals surface area (Å²) >= 11 is 0. The Bertz CT molecular complexity index is 497. The molecule has 0 bridgehead atoms. The van der Waals surface area contributed by atoms with E-state index in [4.69, 9.17) is 5.84 Å². The molecule has 3 N–H and O–H groups in total. The summed E-state index contributed by atoms with van der Waals surface area (Å²) in [6.07, 6.45) is 2.56. The van der Waals surface area contributed by atoms with Crippen molar-refractivity contribution >= 4 is 11.7 Å². The number of amides is 1. The van der Waals surface area contributed by atoms with Gasteiger partial charge in [-0.05, 0) is 25.5 Å². The molecule has 1 aromatic rings. The molecule has 0 spiro atoms. The number of carbonyl (C=O) groups excluding carboxylic acids is 1. The lowest BCUT2D eigenvalue weighted by Crippen LogP contribution is -2.37. The van der Waals surface area contributed by atoms with Crippen molar-refractivity contribution < 1.29 is 4.79 Å². The smallest absolute Gasteiger partial charge is 0.249 e. The van der Waals surface area contributed by atoms with E-state index in [1.54, 1.807) is 0 Å². The molecule has 2 rings (SSSR count). The van der Waals surface area contributed by atoms with Gasteiger partial charge in [0, 0.05) is 25.1 Å². The van der Waals surface area contributed by atoms with E-state index >= 15 is 0 Å². The van der Waals surface area contributed by atoms with Gasteiger partial charge in [0.05, 0.1) is 5.69 Å². The van der Waals surface area contributed by atoms with Gasteiger partial charge >= 0.3 is 0 Å². The Morgan fingerprint density at radius 2 is 2.33 bits per heavy atom. The molecule has 96 valence electrons. The van der Waals surface area contributed by atoms with Crippen molar-refractivity contribution in [2.75, 3.05) is 12.0 Å². The highest BCUT2D eigenvalue weighted by molar-refractivity contribution is 5.92. The maximum atomic E-state index is 12.1. The molecular formula is C12H17N5O. The average molecular weight is 247 g/mol. The van der Waals surface area contributed by atoms with Gasteiger partial charge in [0.2, 0.25) is 5.91 Å². The SMILES string of the molecule is CC=C(C)C(=O)N1CCc2nnc(NN)cc2C1. The van der Waals surface area contributed by atoms with Gasteiger partial charge in [0.25, 0.3) is 0 Å². The Balaban J connectivity index is 2.21. The summed E-state index contributed by atoms with van der Waals surface area (Å²) in [5, 5.41) is 8.03. The lowest BCUT2D eigenvalue weighted by atomic mass is 10.1. The molecule has 2 heterocycles. The van der Waals surface area contributed by atoms with Crippen LogP contribution in [0.4, 0.5) is 5.82 Å². The lowest BCUT2D eigenvalue weighted by molar-refractivity contribution is -0.128. The Hall–Kier alpha value is -1.95. The first kappa shape index (κ1) is 12.5. The van der Waals surface area contributed by atoms with Gasteiger partial charge in [0.1, 0.15) is 0 Å². The third kappa shape index (κ3) is 2.33. The monoisotopic (exact) mass is 247 g/mol. The molecule has 1 aromatic heterocycles. The zero-order chi connectivity index (χ0) is 13.1. The van der Waals surface area contributed by atoms with Crippen LogP contribution in [0, 0.1) is 0 Å². The van der Waals surface area contributed by atoms with Crippen molar-refractivity contribution in [2.24, 2.45) is 5.84 Å². The summed E-state index contributed by atoms with van der Waals surface area (Å²) in [6.45, 7) is 4.94. The van der Waals surface area contributed by atoms with Crippen molar-refractivity contribution in [3.8, 4) is 0 Å². The number of rotatable bonds is 2. The minimum absolute atomic E-state index is 0.0715. The fourth-order valence-corrected chi connectivity index (χ4v) is 1.95. The fraction of sp³-hybridized carbons (Fsp3) is 0.417. The number of nitrogens with two attached hydrogens (primary N) is 1. The van der Waals surface area contributed by atoms with E-state index in [1.165, 1.54) is 0 Å². The lowest BCUT2D eigenvalue weighted by Gasteiger charge is -2.28. The predicted octanol–water partition coefficient (Wildman–Crippen LogP) is 0.613. The normalized spacial score (nSPS) is 15.3. The Morgan fingerprint density at radius 3 is 3.00 bits per heavy atom. The van der Waals surface area contributed by atoms with Crippen LogP contribution in [0.25, 0.3) is 0 Å². The van der Waals surface area contributed by atoms with E-state index in [0.29, 0.717) is 18.9 Å². The van der Waals surface area contributed by atoms with E-state index < -0.39 is 0 Å². The molecule has 0 radical (unpaired) electrons. The first-order chi connectivity index (χ1) is 8.65. The molecule has 0 unspecified atom stereocenters. The first-order valence-corrected chi connectivity index (χ1v) is 5.90. The number of nitrogen functional groups attached to an aromatic ring is 1. The molecule has 6 heteroatoms. The fourth-order valence-electron chi connectivity index (χ4n) is 1.95. The Morgan fingerprint density at radius 1 is 1.56 bits per heavy atom. The molecule has 0 aliphatic carbocycles. The van der Waals surface area contributed by atoms with Crippen LogP contribution in [0.15, 0.2) is 17.7 Å². The van der Waals surface area contributed by atoms with Crippen molar-refractivity contribution in [3.63, 3.8) is 0 Å². The van der Waals surface area contributed by atoms with E-state index in [9.17, 15) is 4.79 Å². The largest absolute Gasteiger partial charge is 0.334 e. The molecule has 6 nitrogen and oxygen atoms in total. The second-order valence-electron chi connectivity index (χ2n) is 4.29. The van der Waals surface area contributed by atoms with Gasteiger partial charge in [0.15, 0.2) is 5.82 Å². The molecule has 1 aliphatic rings. The molecule has 0 saturated carbocycles. The zero-order valence-electron chi connectivity index (χ0n) is 10.6. The standard InChI is InChI=1S/C12H17N5O/c1-3-8(2)12(18)17-5-4-10-9(7-17)6-11(14-13)16-15-10/h3,6H,4-5,7,13H2,1-2H3,(H,14,16). The van der Waals surface area contributed by atoms with Gasteiger partial charge in [-0.3, -0.25) is 4.79 Å². The molecule has 18 heavy (non-hydrogen) atoms. The summed E-state index contributed by atoms with van der Waals surface area (Å²) < 4.78 is 0. The predicted molar refractivity (Wildman–Crippen MR) is 68.4 cm³/mol. The van der Waals surface area contributed by atoms with Crippen molar-refractivity contribution in [1.82, 2.24) is 15.1 Å². The number of nitrogens with zero attached hydrogens (tertiary/aromatic N) is 3. The van der Waals surface area contributed by atoms with Gasteiger partial charge in [-0.2, -0.15) is 5.10 Å². The van der Waals surface area contributed by atoms with Gasteiger partial charge < -0.3 is 10.3 Å². The van der Waals surface area contributed by atoms with Crippen molar-refractivity contribution in [2.45, 2.75) is 26.8 Å². The number of carbonyl (C=O) groups is 1. The summed E-state index contributed by atoms with van der Waals surface area (Å²) in [5.41, 5.74) is 5.17. The van der Waals surface area contributed by atoms with E-state index in [-0.39, 0.29) is 5.91 Å². The number of allylic oxidation sites excluding steroid dienone is 1. The summed E-state index contributed by atoms with van der Waals surface area (Å²) in [5.74, 6) is 5.90. The maximum absolute atomic E-state index is 12.1. The Kier molecular flexibility index (Phi) is 3.57. The van der Waals surface area contributed by atoms with Gasteiger partial charge in [-0.25, -0.2) is 5.84 Å². The Labute approximate surface area is 106 Å².